The lowest BCUT2D eigenvalue weighted by Crippen LogP contribution is -2.02. The van der Waals surface area contributed by atoms with Crippen LogP contribution in [-0.4, -0.2) is 19.0 Å². The van der Waals surface area contributed by atoms with Gasteiger partial charge in [0.05, 0.1) is 12.7 Å². The number of methoxy groups -OCH3 is 1. The Morgan fingerprint density at radius 2 is 2.25 bits per heavy atom. The summed E-state index contributed by atoms with van der Waals surface area (Å²) in [5.41, 5.74) is 7.23. The summed E-state index contributed by atoms with van der Waals surface area (Å²) >= 11 is 5.50. The average Bonchev–Trinajstić information content (AvgIpc) is 2.27. The van der Waals surface area contributed by atoms with E-state index < -0.39 is 5.97 Å². The maximum absolute atomic E-state index is 11.3. The number of nitrogens with two attached hydrogens (primary N) is 1. The highest BCUT2D eigenvalue weighted by Gasteiger charge is 2.06. The summed E-state index contributed by atoms with van der Waals surface area (Å²) in [7, 11) is 1.32. The van der Waals surface area contributed by atoms with Gasteiger partial charge in [-0.25, -0.2) is 4.79 Å². The van der Waals surface area contributed by atoms with Crippen molar-refractivity contribution in [2.24, 2.45) is 0 Å². The van der Waals surface area contributed by atoms with Gasteiger partial charge in [-0.15, -0.1) is 11.6 Å². The highest BCUT2D eigenvalue weighted by Crippen LogP contribution is 2.12. The van der Waals surface area contributed by atoms with Gasteiger partial charge in [-0.1, -0.05) is 11.8 Å². The lowest BCUT2D eigenvalue weighted by atomic mass is 10.1. The van der Waals surface area contributed by atoms with Crippen molar-refractivity contribution >= 4 is 23.3 Å². The molecule has 0 aliphatic rings. The fraction of sp³-hybridized carbons (Fsp3) is 0.250. The van der Waals surface area contributed by atoms with Crippen molar-refractivity contribution in [3.8, 4) is 11.8 Å². The van der Waals surface area contributed by atoms with Crippen LogP contribution in [0.5, 0.6) is 0 Å². The second-order valence-corrected chi connectivity index (χ2v) is 3.45. The van der Waals surface area contributed by atoms with Crippen molar-refractivity contribution in [2.75, 3.05) is 18.7 Å². The average molecular weight is 238 g/mol. The Bertz CT molecular complexity index is 446. The molecule has 0 radical (unpaired) electrons. The van der Waals surface area contributed by atoms with Crippen LogP contribution in [-0.2, 0) is 4.74 Å². The van der Waals surface area contributed by atoms with Crippen LogP contribution < -0.4 is 5.73 Å². The first kappa shape index (κ1) is 12.4. The summed E-state index contributed by atoms with van der Waals surface area (Å²) in [4.78, 5) is 11.3. The zero-order chi connectivity index (χ0) is 12.0. The minimum absolute atomic E-state index is 0.401. The summed E-state index contributed by atoms with van der Waals surface area (Å²) in [6.45, 7) is 0. The monoisotopic (exact) mass is 237 g/mol. The van der Waals surface area contributed by atoms with Crippen LogP contribution in [0.4, 0.5) is 5.69 Å². The van der Waals surface area contributed by atoms with Gasteiger partial charge in [0.1, 0.15) is 0 Å². The molecule has 16 heavy (non-hydrogen) atoms. The second-order valence-electron chi connectivity index (χ2n) is 3.08. The highest BCUT2D eigenvalue weighted by atomic mass is 35.5. The first-order valence-electron chi connectivity index (χ1n) is 4.71. The van der Waals surface area contributed by atoms with Gasteiger partial charge < -0.3 is 10.5 Å². The lowest BCUT2D eigenvalue weighted by Gasteiger charge is -2.01. The van der Waals surface area contributed by atoms with E-state index in [1.54, 1.807) is 18.2 Å². The number of hydrogen-bond donors (Lipinski definition) is 1. The van der Waals surface area contributed by atoms with Crippen LogP contribution in [0.1, 0.15) is 22.3 Å². The van der Waals surface area contributed by atoms with Crippen LogP contribution in [0.15, 0.2) is 18.2 Å². The number of ether oxygens (including phenoxy) is 1. The van der Waals surface area contributed by atoms with Gasteiger partial charge in [-0.2, -0.15) is 0 Å². The minimum atomic E-state index is -0.423. The number of benzene rings is 1. The van der Waals surface area contributed by atoms with E-state index in [4.69, 9.17) is 17.3 Å². The quantitative estimate of drug-likeness (QED) is 0.371. The predicted octanol–water partition coefficient (Wildman–Crippen LogP) is 2.04. The molecule has 1 aromatic carbocycles. The number of carbonyl (C=O) groups is 1. The molecule has 3 nitrogen and oxygen atoms in total. The zero-order valence-electron chi connectivity index (χ0n) is 8.92. The predicted molar refractivity (Wildman–Crippen MR) is 64.4 cm³/mol. The van der Waals surface area contributed by atoms with Crippen molar-refractivity contribution < 1.29 is 9.53 Å². The van der Waals surface area contributed by atoms with E-state index >= 15 is 0 Å². The van der Waals surface area contributed by atoms with Crippen LogP contribution in [0, 0.1) is 11.8 Å². The number of nitrogen functional groups attached to an aromatic ring is 1. The van der Waals surface area contributed by atoms with Gasteiger partial charge >= 0.3 is 5.97 Å². The van der Waals surface area contributed by atoms with Gasteiger partial charge in [0.15, 0.2) is 0 Å². The normalized spacial score (nSPS) is 9.12. The van der Waals surface area contributed by atoms with Gasteiger partial charge in [-0.3, -0.25) is 0 Å². The number of carbonyl (C=O) groups excluding carboxylic acids is 1. The van der Waals surface area contributed by atoms with Gasteiger partial charge in [0, 0.05) is 23.6 Å². The minimum Gasteiger partial charge on any atom is -0.465 e. The van der Waals surface area contributed by atoms with E-state index in [1.165, 1.54) is 7.11 Å². The Hall–Kier alpha value is -1.66. The molecular weight excluding hydrogens is 226 g/mol. The van der Waals surface area contributed by atoms with E-state index in [9.17, 15) is 4.79 Å². The van der Waals surface area contributed by atoms with Crippen LogP contribution in [0.25, 0.3) is 0 Å². The molecular formula is C12H12ClNO2. The van der Waals surface area contributed by atoms with E-state index in [1.807, 2.05) is 0 Å². The molecule has 0 saturated heterocycles. The molecule has 0 aliphatic carbocycles. The summed E-state index contributed by atoms with van der Waals surface area (Å²) in [5.74, 6) is 5.82. The summed E-state index contributed by atoms with van der Waals surface area (Å²) in [6.07, 6.45) is 0.601. The molecule has 1 aromatic rings. The molecule has 1 rings (SSSR count). The van der Waals surface area contributed by atoms with Gasteiger partial charge in [-0.05, 0) is 18.2 Å². The Morgan fingerprint density at radius 3 is 2.88 bits per heavy atom. The molecule has 0 saturated carbocycles. The maximum Gasteiger partial charge on any atom is 0.337 e. The number of halogens is 1. The maximum atomic E-state index is 11.3. The third-order valence-electron chi connectivity index (χ3n) is 1.83. The molecule has 0 heterocycles. The standard InChI is InChI=1S/C12H12ClNO2/c1-16-12(15)10-6-9(4-2-3-5-13)7-11(14)8-10/h6-8H,3,5,14H2,1H3. The van der Waals surface area contributed by atoms with E-state index in [0.717, 1.165) is 0 Å². The third kappa shape index (κ3) is 3.48. The first-order valence-corrected chi connectivity index (χ1v) is 5.24. The van der Waals surface area contributed by atoms with Crippen LogP contribution in [0.2, 0.25) is 0 Å². The number of alkyl halides is 1. The van der Waals surface area contributed by atoms with E-state index in [0.29, 0.717) is 29.1 Å². The smallest absolute Gasteiger partial charge is 0.337 e. The molecule has 0 amide bonds. The molecule has 0 aliphatic heterocycles. The SMILES string of the molecule is COC(=O)c1cc(N)cc(C#CCCCl)c1. The summed E-state index contributed by atoms with van der Waals surface area (Å²) < 4.78 is 4.61. The van der Waals surface area contributed by atoms with Crippen molar-refractivity contribution in [2.45, 2.75) is 6.42 Å². The van der Waals surface area contributed by atoms with Crippen molar-refractivity contribution in [1.82, 2.24) is 0 Å². The summed E-state index contributed by atoms with van der Waals surface area (Å²) in [6, 6.07) is 4.90. The van der Waals surface area contributed by atoms with Crippen LogP contribution >= 0.6 is 11.6 Å². The van der Waals surface area contributed by atoms with Crippen molar-refractivity contribution in [3.63, 3.8) is 0 Å². The van der Waals surface area contributed by atoms with E-state index in [-0.39, 0.29) is 0 Å². The summed E-state index contributed by atoms with van der Waals surface area (Å²) in [5, 5.41) is 0. The molecule has 0 unspecified atom stereocenters. The molecule has 0 atom stereocenters. The number of rotatable bonds is 2. The Morgan fingerprint density at radius 1 is 1.50 bits per heavy atom. The number of esters is 1. The largest absolute Gasteiger partial charge is 0.465 e. The van der Waals surface area contributed by atoms with Crippen molar-refractivity contribution in [1.29, 1.82) is 0 Å². The molecule has 4 heteroatoms. The zero-order valence-corrected chi connectivity index (χ0v) is 9.67. The fourth-order valence-corrected chi connectivity index (χ4v) is 1.27. The molecule has 0 bridgehead atoms. The fourth-order valence-electron chi connectivity index (χ4n) is 1.17. The molecule has 0 fully saturated rings. The van der Waals surface area contributed by atoms with E-state index in [2.05, 4.69) is 16.6 Å². The number of hydrogen-bond acceptors (Lipinski definition) is 3. The molecule has 0 aromatic heterocycles. The molecule has 2 N–H and O–H groups in total. The topological polar surface area (TPSA) is 52.3 Å². The van der Waals surface area contributed by atoms with Crippen LogP contribution in [0.3, 0.4) is 0 Å². The molecule has 84 valence electrons. The first-order chi connectivity index (χ1) is 7.67. The second kappa shape index (κ2) is 6.04. The van der Waals surface area contributed by atoms with Gasteiger partial charge in [0.25, 0.3) is 0 Å². The Labute approximate surface area is 99.5 Å². The Balaban J connectivity index is 3.00. The Kier molecular flexibility index (Phi) is 4.68. The lowest BCUT2D eigenvalue weighted by molar-refractivity contribution is 0.0601. The third-order valence-corrected chi connectivity index (χ3v) is 2.02. The number of anilines is 1. The van der Waals surface area contributed by atoms with Crippen molar-refractivity contribution in [3.05, 3.63) is 29.3 Å². The van der Waals surface area contributed by atoms with Gasteiger partial charge in [0.2, 0.25) is 0 Å². The molecule has 0 spiro atoms. The highest BCUT2D eigenvalue weighted by molar-refractivity contribution is 6.18.